The van der Waals surface area contributed by atoms with Crippen molar-refractivity contribution in [1.82, 2.24) is 4.98 Å². The summed E-state index contributed by atoms with van der Waals surface area (Å²) in [6, 6.07) is 23.0. The Balaban J connectivity index is 1.40. The third-order valence-electron chi connectivity index (χ3n) is 4.65. The fraction of sp³-hybridized carbons (Fsp3) is 0.0800. The van der Waals surface area contributed by atoms with Crippen molar-refractivity contribution in [2.75, 3.05) is 17.2 Å². The summed E-state index contributed by atoms with van der Waals surface area (Å²) in [6.07, 6.45) is 1.24. The normalized spacial score (nSPS) is 10.4. The average Bonchev–Trinajstić information content (AvgIpc) is 3.32. The second-order valence-corrected chi connectivity index (χ2v) is 6.84. The van der Waals surface area contributed by atoms with E-state index in [0.29, 0.717) is 29.3 Å². The number of hydrogen-bond donors (Lipinski definition) is 2. The minimum Gasteiger partial charge on any atom is -0.494 e. The molecule has 0 saturated carbocycles. The first-order valence-corrected chi connectivity index (χ1v) is 10.1. The van der Waals surface area contributed by atoms with Crippen LogP contribution in [0.1, 0.15) is 27.8 Å². The molecular weight excluding hydrogens is 406 g/mol. The Hall–Kier alpha value is -4.39. The van der Waals surface area contributed by atoms with Crippen LogP contribution in [-0.4, -0.2) is 23.4 Å². The highest BCUT2D eigenvalue weighted by Crippen LogP contribution is 2.24. The summed E-state index contributed by atoms with van der Waals surface area (Å²) in [5.74, 6) is 0.488. The molecule has 0 unspecified atom stereocenters. The van der Waals surface area contributed by atoms with E-state index in [1.807, 2.05) is 37.3 Å². The van der Waals surface area contributed by atoms with Gasteiger partial charge in [-0.25, -0.2) is 4.98 Å². The van der Waals surface area contributed by atoms with Crippen LogP contribution in [0.4, 0.5) is 11.4 Å². The van der Waals surface area contributed by atoms with Gasteiger partial charge in [0.05, 0.1) is 6.61 Å². The van der Waals surface area contributed by atoms with Crippen LogP contribution in [0.3, 0.4) is 0 Å². The number of benzene rings is 3. The molecule has 2 N–H and O–H groups in total. The van der Waals surface area contributed by atoms with E-state index in [4.69, 9.17) is 9.15 Å². The summed E-state index contributed by atoms with van der Waals surface area (Å²) in [5.41, 5.74) is 2.61. The zero-order valence-electron chi connectivity index (χ0n) is 17.4. The number of ether oxygens (including phenoxy) is 1. The van der Waals surface area contributed by atoms with Crippen LogP contribution in [0.25, 0.3) is 11.3 Å². The molecule has 0 aliphatic rings. The third kappa shape index (κ3) is 4.84. The van der Waals surface area contributed by atoms with Crippen molar-refractivity contribution in [3.8, 4) is 17.1 Å². The topological polar surface area (TPSA) is 93.5 Å². The molecule has 7 heteroatoms. The number of oxazole rings is 1. The number of nitrogens with one attached hydrogen (secondary N) is 2. The smallest absolute Gasteiger partial charge is 0.278 e. The first-order valence-electron chi connectivity index (χ1n) is 10.1. The molecular formula is C25H21N3O4. The maximum absolute atomic E-state index is 12.7. The van der Waals surface area contributed by atoms with Crippen molar-refractivity contribution in [2.24, 2.45) is 0 Å². The Morgan fingerprint density at radius 3 is 2.12 bits per heavy atom. The van der Waals surface area contributed by atoms with Crippen molar-refractivity contribution in [3.63, 3.8) is 0 Å². The number of carbonyl (C=O) groups is 2. The van der Waals surface area contributed by atoms with E-state index >= 15 is 0 Å². The lowest BCUT2D eigenvalue weighted by Crippen LogP contribution is -2.14. The van der Waals surface area contributed by atoms with Gasteiger partial charge in [-0.15, -0.1) is 0 Å². The monoisotopic (exact) mass is 427 g/mol. The van der Waals surface area contributed by atoms with E-state index in [2.05, 4.69) is 15.6 Å². The predicted octanol–water partition coefficient (Wildman–Crippen LogP) is 5.24. The van der Waals surface area contributed by atoms with E-state index < -0.39 is 5.91 Å². The van der Waals surface area contributed by atoms with Gasteiger partial charge in [0, 0.05) is 22.5 Å². The first-order chi connectivity index (χ1) is 15.6. The molecule has 7 nitrogen and oxygen atoms in total. The predicted molar refractivity (Wildman–Crippen MR) is 122 cm³/mol. The summed E-state index contributed by atoms with van der Waals surface area (Å²) >= 11 is 0. The minimum absolute atomic E-state index is 0.188. The van der Waals surface area contributed by atoms with Crippen LogP contribution in [0.2, 0.25) is 0 Å². The average molecular weight is 427 g/mol. The van der Waals surface area contributed by atoms with Crippen molar-refractivity contribution in [3.05, 3.63) is 96.5 Å². The van der Waals surface area contributed by atoms with Gasteiger partial charge in [0.2, 0.25) is 0 Å². The Bertz CT molecular complexity index is 1200. The summed E-state index contributed by atoms with van der Waals surface area (Å²) in [4.78, 5) is 29.2. The van der Waals surface area contributed by atoms with Crippen LogP contribution in [0.5, 0.6) is 5.75 Å². The molecule has 0 spiro atoms. The molecule has 0 aliphatic heterocycles. The van der Waals surface area contributed by atoms with Gasteiger partial charge < -0.3 is 19.8 Å². The van der Waals surface area contributed by atoms with Gasteiger partial charge in [0.25, 0.3) is 11.8 Å². The summed E-state index contributed by atoms with van der Waals surface area (Å²) in [6.45, 7) is 2.49. The molecule has 160 valence electrons. The number of aromatic nitrogens is 1. The molecule has 4 aromatic rings. The summed E-state index contributed by atoms with van der Waals surface area (Å²) < 4.78 is 10.8. The number of carbonyl (C=O) groups excluding carboxylic acids is 2. The van der Waals surface area contributed by atoms with E-state index in [1.54, 1.807) is 48.5 Å². The first kappa shape index (κ1) is 20.9. The lowest BCUT2D eigenvalue weighted by Gasteiger charge is -2.08. The molecule has 4 rings (SSSR count). The lowest BCUT2D eigenvalue weighted by atomic mass is 10.1. The maximum Gasteiger partial charge on any atom is 0.278 e. The molecule has 0 radical (unpaired) electrons. The number of anilines is 2. The van der Waals surface area contributed by atoms with Crippen molar-refractivity contribution in [2.45, 2.75) is 6.92 Å². The van der Waals surface area contributed by atoms with Gasteiger partial charge in [0.1, 0.15) is 5.75 Å². The highest BCUT2D eigenvalue weighted by Gasteiger charge is 2.18. The van der Waals surface area contributed by atoms with Gasteiger partial charge in [-0.2, -0.15) is 0 Å². The molecule has 1 aromatic heterocycles. The summed E-state index contributed by atoms with van der Waals surface area (Å²) in [7, 11) is 0. The zero-order valence-corrected chi connectivity index (χ0v) is 17.4. The van der Waals surface area contributed by atoms with Gasteiger partial charge in [-0.3, -0.25) is 9.59 Å². The zero-order chi connectivity index (χ0) is 22.3. The maximum atomic E-state index is 12.7. The van der Waals surface area contributed by atoms with Crippen molar-refractivity contribution in [1.29, 1.82) is 0 Å². The SMILES string of the molecule is CCOc1ccc(NC(=O)c2ccc(NC(=O)c3ncoc3-c3ccccc3)cc2)cc1. The van der Waals surface area contributed by atoms with Gasteiger partial charge in [0.15, 0.2) is 17.8 Å². The van der Waals surface area contributed by atoms with Crippen LogP contribution in [0.15, 0.2) is 89.7 Å². The highest BCUT2D eigenvalue weighted by molar-refractivity contribution is 6.07. The van der Waals surface area contributed by atoms with E-state index in [9.17, 15) is 9.59 Å². The second-order valence-electron chi connectivity index (χ2n) is 6.84. The molecule has 0 bridgehead atoms. The molecule has 2 amide bonds. The second kappa shape index (κ2) is 9.61. The Morgan fingerprint density at radius 1 is 0.844 bits per heavy atom. The van der Waals surface area contributed by atoms with E-state index in [0.717, 1.165) is 11.3 Å². The van der Waals surface area contributed by atoms with Gasteiger partial charge in [-0.05, 0) is 55.5 Å². The fourth-order valence-corrected chi connectivity index (χ4v) is 3.10. The minimum atomic E-state index is -0.399. The number of hydrogen-bond acceptors (Lipinski definition) is 5. The number of nitrogens with zero attached hydrogens (tertiary/aromatic N) is 1. The molecule has 0 aliphatic carbocycles. The van der Waals surface area contributed by atoms with Gasteiger partial charge >= 0.3 is 0 Å². The van der Waals surface area contributed by atoms with Crippen LogP contribution < -0.4 is 15.4 Å². The molecule has 0 fully saturated rings. The molecule has 3 aromatic carbocycles. The van der Waals surface area contributed by atoms with Gasteiger partial charge in [-0.1, -0.05) is 30.3 Å². The summed E-state index contributed by atoms with van der Waals surface area (Å²) in [5, 5.41) is 5.61. The standard InChI is InChI=1S/C25H21N3O4/c1-2-31-21-14-12-20(13-15-21)27-24(29)18-8-10-19(11-9-18)28-25(30)22-23(32-16-26-22)17-6-4-3-5-7-17/h3-16H,2H2,1H3,(H,27,29)(H,28,30). The number of amides is 2. The highest BCUT2D eigenvalue weighted by atomic mass is 16.5. The Morgan fingerprint density at radius 2 is 1.47 bits per heavy atom. The quantitative estimate of drug-likeness (QED) is 0.420. The van der Waals surface area contributed by atoms with Crippen LogP contribution in [-0.2, 0) is 0 Å². The van der Waals surface area contributed by atoms with Crippen LogP contribution >= 0.6 is 0 Å². The Labute approximate surface area is 185 Å². The molecule has 0 saturated heterocycles. The van der Waals surface area contributed by atoms with Crippen molar-refractivity contribution >= 4 is 23.2 Å². The third-order valence-corrected chi connectivity index (χ3v) is 4.65. The number of rotatable bonds is 7. The van der Waals surface area contributed by atoms with E-state index in [1.165, 1.54) is 6.39 Å². The molecule has 1 heterocycles. The largest absolute Gasteiger partial charge is 0.494 e. The lowest BCUT2D eigenvalue weighted by molar-refractivity contribution is 0.101. The van der Waals surface area contributed by atoms with Crippen LogP contribution in [0, 0.1) is 0 Å². The fourth-order valence-electron chi connectivity index (χ4n) is 3.10. The van der Waals surface area contributed by atoms with Crippen molar-refractivity contribution < 1.29 is 18.7 Å². The Kier molecular flexibility index (Phi) is 6.27. The molecule has 0 atom stereocenters. The molecule has 32 heavy (non-hydrogen) atoms. The van der Waals surface area contributed by atoms with E-state index in [-0.39, 0.29) is 11.6 Å².